The van der Waals surface area contributed by atoms with E-state index in [0.717, 1.165) is 39.9 Å². The van der Waals surface area contributed by atoms with Crippen molar-refractivity contribution in [2.45, 2.75) is 113 Å². The summed E-state index contributed by atoms with van der Waals surface area (Å²) in [4.78, 5) is 27.4. The summed E-state index contributed by atoms with van der Waals surface area (Å²) in [6, 6.07) is 0. The van der Waals surface area contributed by atoms with E-state index in [4.69, 9.17) is 43.3 Å². The Hall–Kier alpha value is 2.50. The average molecular weight is 903 g/mol. The summed E-state index contributed by atoms with van der Waals surface area (Å²) < 4.78 is 79.8. The fourth-order valence-corrected chi connectivity index (χ4v) is 3.19. The molecular weight excluding hydrogens is 832 g/mol. The van der Waals surface area contributed by atoms with Crippen LogP contribution in [0.5, 0.6) is 0 Å². The Labute approximate surface area is 351 Å². The molecule has 0 aromatic carbocycles. The molecule has 0 spiro atoms. The van der Waals surface area contributed by atoms with Crippen molar-refractivity contribution in [1.82, 2.24) is 0 Å². The predicted octanol–water partition coefficient (Wildman–Crippen LogP) is 3.43. The Balaban J connectivity index is -0.0000000601. The van der Waals surface area contributed by atoms with E-state index in [9.17, 15) is 23.2 Å². The Morgan fingerprint density at radius 3 is 0.960 bits per heavy atom. The maximum atomic E-state index is 11.4. The molecule has 23 heteroatoms. The van der Waals surface area contributed by atoms with E-state index in [1.165, 1.54) is 28.4 Å². The van der Waals surface area contributed by atoms with E-state index in [2.05, 4.69) is 20.2 Å². The molecule has 1 radical (unpaired) electrons. The van der Waals surface area contributed by atoms with E-state index < -0.39 is 30.4 Å². The molecule has 0 bridgehead atoms. The molecule has 17 nitrogen and oxygen atoms in total. The van der Waals surface area contributed by atoms with Crippen LogP contribution in [0.15, 0.2) is 0 Å². The quantitative estimate of drug-likeness (QED) is 0.0874. The molecule has 0 saturated heterocycles. The number of rotatable bonds is 18. The monoisotopic (exact) mass is 902 g/mol. The zero-order chi connectivity index (χ0) is 38.9. The number of ether oxygens (including phenoxy) is 3. The van der Waals surface area contributed by atoms with E-state index >= 15 is 0 Å². The third-order valence-electron chi connectivity index (χ3n) is 5.28. The number of hydrogen-bond acceptors (Lipinski definition) is 15. The normalized spacial score (nSPS) is 16.0. The van der Waals surface area contributed by atoms with Crippen LogP contribution in [0.3, 0.4) is 0 Å². The van der Waals surface area contributed by atoms with Gasteiger partial charge in [0, 0.05) is 75.4 Å². The van der Waals surface area contributed by atoms with Gasteiger partial charge in [0.15, 0.2) is 0 Å². The Kier molecular flexibility index (Phi) is 67.5. The van der Waals surface area contributed by atoms with Gasteiger partial charge in [-0.3, -0.25) is 20.4 Å². The maximum absolute atomic E-state index is 11.4. The van der Waals surface area contributed by atoms with Crippen molar-refractivity contribution in [3.63, 3.8) is 0 Å². The van der Waals surface area contributed by atoms with Crippen molar-refractivity contribution in [1.29, 1.82) is 0 Å². The standard InChI is InChI=1S/C7H17O4P.2C6H15O4P.C4H10O.C2H6O3P.CH4O.CH4.Na.Y/c1-5-7(2)11-6-12(8,9-3)10-4;2*1-4-6(2)10-5-11(7,8)9-3;1-3-4(2)5;1-5-6(2,3)4;1-2;;;/h7H,5-6H2,1-4H3;2*6H,4-5H2,1-3H3,(H,7,8);4-5H,3H2,1-2H3;2H2,1H3,(H,3,4);2H,1H3;1H4;;/q;;;;-1;;;+1;/p-1. The third-order valence-corrected chi connectivity index (χ3v) is 9.51. The van der Waals surface area contributed by atoms with E-state index in [1.807, 2.05) is 48.5 Å². The molecule has 4 N–H and O–H groups in total. The van der Waals surface area contributed by atoms with Crippen molar-refractivity contribution in [3.8, 4) is 0 Å². The van der Waals surface area contributed by atoms with Crippen molar-refractivity contribution in [2.75, 3.05) is 61.7 Å². The van der Waals surface area contributed by atoms with Crippen molar-refractivity contribution in [2.24, 2.45) is 0 Å². The van der Waals surface area contributed by atoms with Crippen molar-refractivity contribution >= 4 is 30.4 Å². The van der Waals surface area contributed by atoms with Crippen LogP contribution in [0.25, 0.3) is 0 Å². The SMILES string of the molecule is C.CCC(C)O.CCC(C)OCP(=O)(O)OC.CCC(C)OCP(=O)(O)OC.CCC(C)OCP(=O)(OC)OC.CO.[CH2-]P(=O)([O-])OC.[Na+].[Y]. The molecule has 0 aromatic heterocycles. The van der Waals surface area contributed by atoms with E-state index in [1.54, 1.807) is 6.92 Å². The fraction of sp³-hybridized carbons (Fsp3) is 0.963. The number of aliphatic hydroxyl groups is 2. The summed E-state index contributed by atoms with van der Waals surface area (Å²) in [6.45, 7) is 17.9. The first-order valence-corrected chi connectivity index (χ1v) is 21.6. The Morgan fingerprint density at radius 2 is 0.820 bits per heavy atom. The molecule has 0 saturated carbocycles. The van der Waals surface area contributed by atoms with Crippen molar-refractivity contribution < 1.29 is 142 Å². The van der Waals surface area contributed by atoms with Crippen LogP contribution in [-0.4, -0.2) is 106 Å². The van der Waals surface area contributed by atoms with Gasteiger partial charge in [0.1, 0.15) is 19.0 Å². The molecule has 0 aliphatic rings. The average Bonchev–Trinajstić information content (AvgIpc) is 3.06. The number of hydrogen-bond donors (Lipinski definition) is 4. The molecule has 0 aromatic rings. The van der Waals surface area contributed by atoms with Gasteiger partial charge in [-0.15, -0.1) is 0 Å². The van der Waals surface area contributed by atoms with Crippen LogP contribution >= 0.6 is 30.4 Å². The fourth-order valence-electron chi connectivity index (χ4n) is 1.30. The zero-order valence-electron chi connectivity index (χ0n) is 32.4. The summed E-state index contributed by atoms with van der Waals surface area (Å²) in [5.41, 5.74) is 0. The van der Waals surface area contributed by atoms with Crippen molar-refractivity contribution in [3.05, 3.63) is 6.66 Å². The van der Waals surface area contributed by atoms with Gasteiger partial charge in [-0.1, -0.05) is 35.1 Å². The van der Waals surface area contributed by atoms with Gasteiger partial charge in [-0.25, -0.2) is 0 Å². The summed E-state index contributed by atoms with van der Waals surface area (Å²) in [5, 5.41) is 15.4. The molecule has 7 atom stereocenters. The zero-order valence-corrected chi connectivity index (χ0v) is 40.8. The van der Waals surface area contributed by atoms with Crippen LogP contribution in [0, 0.1) is 6.66 Å². The van der Waals surface area contributed by atoms with Gasteiger partial charge in [0.2, 0.25) is 0 Å². The Morgan fingerprint density at radius 1 is 0.600 bits per heavy atom. The second-order valence-electron chi connectivity index (χ2n) is 9.21. The van der Waals surface area contributed by atoms with Crippen LogP contribution in [-0.2, 0) is 87.8 Å². The summed E-state index contributed by atoms with van der Waals surface area (Å²) in [7, 11) is -6.38. The topological polar surface area (TPSA) is 246 Å². The first-order valence-electron chi connectivity index (χ1n) is 14.6. The molecule has 305 valence electrons. The Bertz CT molecular complexity index is 815. The van der Waals surface area contributed by atoms with Crippen LogP contribution in [0.1, 0.15) is 88.5 Å². The second kappa shape index (κ2) is 45.9. The first-order chi connectivity index (χ1) is 21.4. The van der Waals surface area contributed by atoms with E-state index in [0.29, 0.717) is 0 Å². The third kappa shape index (κ3) is 65.4. The molecule has 0 aliphatic heterocycles. The maximum Gasteiger partial charge on any atom is 1.00 e. The molecule has 0 amide bonds. The van der Waals surface area contributed by atoms with Gasteiger partial charge in [-0.05, 0) is 61.0 Å². The molecule has 0 heterocycles. The minimum atomic E-state index is -3.65. The predicted molar refractivity (Wildman–Crippen MR) is 189 cm³/mol. The molecule has 7 unspecified atom stereocenters. The second-order valence-corrected chi connectivity index (χ2v) is 16.8. The molecular formula is C27H70NaO17P4Y-. The minimum absolute atomic E-state index is 0. The van der Waals surface area contributed by atoms with Gasteiger partial charge in [0.25, 0.3) is 0 Å². The van der Waals surface area contributed by atoms with Crippen LogP contribution in [0.2, 0.25) is 0 Å². The summed E-state index contributed by atoms with van der Waals surface area (Å²) >= 11 is 0. The largest absolute Gasteiger partial charge is 1.00 e. The van der Waals surface area contributed by atoms with Crippen LogP contribution in [0.4, 0.5) is 0 Å². The molecule has 50 heavy (non-hydrogen) atoms. The van der Waals surface area contributed by atoms with Crippen LogP contribution < -0.4 is 34.5 Å². The van der Waals surface area contributed by atoms with Gasteiger partial charge < -0.3 is 66.3 Å². The molecule has 0 rings (SSSR count). The van der Waals surface area contributed by atoms with Gasteiger partial charge in [-0.2, -0.15) is 0 Å². The molecule has 0 aliphatic carbocycles. The first kappa shape index (κ1) is 73.6. The minimum Gasteiger partial charge on any atom is -0.803 e. The summed E-state index contributed by atoms with van der Waals surface area (Å²) in [5.74, 6) is 0. The van der Waals surface area contributed by atoms with E-state index in [-0.39, 0.29) is 113 Å². The van der Waals surface area contributed by atoms with Gasteiger partial charge in [0.05, 0.1) is 24.4 Å². The smallest absolute Gasteiger partial charge is 0.803 e. The summed E-state index contributed by atoms with van der Waals surface area (Å²) in [6.07, 6.45) is 2.95. The number of aliphatic hydroxyl groups excluding tert-OH is 2. The van der Waals surface area contributed by atoms with Gasteiger partial charge >= 0.3 is 52.3 Å². The molecule has 0 fully saturated rings.